The molecule has 0 bridgehead atoms. The van der Waals surface area contributed by atoms with E-state index >= 15 is 0 Å². The Bertz CT molecular complexity index is 809. The average Bonchev–Trinajstić information content (AvgIpc) is 2.73. The van der Waals surface area contributed by atoms with E-state index < -0.39 is 24.0 Å². The summed E-state index contributed by atoms with van der Waals surface area (Å²) in [7, 11) is 4.39. The summed E-state index contributed by atoms with van der Waals surface area (Å²) >= 11 is 0. The fraction of sp³-hybridized carbons (Fsp3) is 0.333. The highest BCUT2D eigenvalue weighted by atomic mass is 16.5. The maximum absolute atomic E-state index is 12.6. The van der Waals surface area contributed by atoms with Gasteiger partial charge >= 0.3 is 5.97 Å². The predicted octanol–water partition coefficient (Wildman–Crippen LogP) is 1.47. The molecule has 7 heteroatoms. The molecule has 0 saturated heterocycles. The third-order valence-electron chi connectivity index (χ3n) is 4.39. The van der Waals surface area contributed by atoms with Gasteiger partial charge in [0.2, 0.25) is 5.91 Å². The molecule has 0 aliphatic rings. The van der Waals surface area contributed by atoms with Crippen molar-refractivity contribution in [1.82, 2.24) is 5.32 Å². The Labute approximate surface area is 164 Å². The van der Waals surface area contributed by atoms with Gasteiger partial charge in [-0.15, -0.1) is 0 Å². The Morgan fingerprint density at radius 1 is 0.893 bits per heavy atom. The van der Waals surface area contributed by atoms with Crippen molar-refractivity contribution in [2.45, 2.75) is 24.9 Å². The molecule has 2 rings (SSSR count). The van der Waals surface area contributed by atoms with Crippen molar-refractivity contribution in [3.05, 3.63) is 59.7 Å². The van der Waals surface area contributed by atoms with Crippen molar-refractivity contribution in [2.24, 2.45) is 5.73 Å². The number of hydrogen-bond acceptors (Lipinski definition) is 6. The summed E-state index contributed by atoms with van der Waals surface area (Å²) in [5.41, 5.74) is 7.66. The summed E-state index contributed by atoms with van der Waals surface area (Å²) in [6, 6.07) is 12.9. The van der Waals surface area contributed by atoms with Crippen molar-refractivity contribution in [2.75, 3.05) is 21.3 Å². The zero-order valence-corrected chi connectivity index (χ0v) is 16.3. The summed E-state index contributed by atoms with van der Waals surface area (Å²) in [6.07, 6.45) is 0.502. The summed E-state index contributed by atoms with van der Waals surface area (Å²) < 4.78 is 15.4. The molecule has 2 aromatic carbocycles. The van der Waals surface area contributed by atoms with E-state index in [0.29, 0.717) is 11.5 Å². The molecule has 150 valence electrons. The number of esters is 1. The molecule has 1 amide bonds. The van der Waals surface area contributed by atoms with Gasteiger partial charge < -0.3 is 25.3 Å². The molecule has 2 atom stereocenters. The highest BCUT2D eigenvalue weighted by molar-refractivity contribution is 5.87. The second-order valence-electron chi connectivity index (χ2n) is 6.22. The average molecular weight is 386 g/mol. The van der Waals surface area contributed by atoms with Gasteiger partial charge in [-0.05, 0) is 23.3 Å². The normalized spacial score (nSPS) is 12.6. The zero-order chi connectivity index (χ0) is 20.5. The van der Waals surface area contributed by atoms with Crippen LogP contribution in [0, 0.1) is 0 Å². The topological polar surface area (TPSA) is 99.9 Å². The highest BCUT2D eigenvalue weighted by Gasteiger charge is 2.26. The number of carbonyl (C=O) groups excluding carboxylic acids is 2. The van der Waals surface area contributed by atoms with Crippen LogP contribution < -0.4 is 20.5 Å². The Morgan fingerprint density at radius 3 is 1.89 bits per heavy atom. The number of carbonyl (C=O) groups is 2. The van der Waals surface area contributed by atoms with Crippen LogP contribution in [-0.4, -0.2) is 45.3 Å². The van der Waals surface area contributed by atoms with Crippen LogP contribution in [-0.2, 0) is 27.2 Å². The Kier molecular flexibility index (Phi) is 7.83. The van der Waals surface area contributed by atoms with Gasteiger partial charge in [0, 0.05) is 12.8 Å². The van der Waals surface area contributed by atoms with Crippen LogP contribution in [0.25, 0.3) is 0 Å². The second kappa shape index (κ2) is 10.3. The molecule has 3 N–H and O–H groups in total. The van der Waals surface area contributed by atoms with E-state index in [1.807, 2.05) is 36.4 Å². The van der Waals surface area contributed by atoms with E-state index in [1.165, 1.54) is 7.11 Å². The first-order chi connectivity index (χ1) is 13.5. The van der Waals surface area contributed by atoms with Crippen LogP contribution in [0.4, 0.5) is 0 Å². The number of nitrogens with one attached hydrogen (secondary N) is 1. The molecule has 0 aromatic heterocycles. The van der Waals surface area contributed by atoms with Crippen LogP contribution in [0.5, 0.6) is 11.5 Å². The Hall–Kier alpha value is -3.06. The molecule has 0 saturated carbocycles. The summed E-state index contributed by atoms with van der Waals surface area (Å²) in [5, 5.41) is 2.69. The molecular formula is C21H26N2O5. The third-order valence-corrected chi connectivity index (χ3v) is 4.39. The number of nitrogens with two attached hydrogens (primary N) is 1. The lowest BCUT2D eigenvalue weighted by Crippen LogP contribution is -2.50. The first-order valence-corrected chi connectivity index (χ1v) is 8.87. The predicted molar refractivity (Wildman–Crippen MR) is 105 cm³/mol. The molecule has 2 aromatic rings. The number of ether oxygens (including phenoxy) is 3. The van der Waals surface area contributed by atoms with Gasteiger partial charge in [0.25, 0.3) is 0 Å². The van der Waals surface area contributed by atoms with E-state index in [1.54, 1.807) is 26.4 Å². The van der Waals surface area contributed by atoms with Gasteiger partial charge in [-0.25, -0.2) is 4.79 Å². The van der Waals surface area contributed by atoms with E-state index in [9.17, 15) is 9.59 Å². The minimum Gasteiger partial charge on any atom is -0.496 e. The lowest BCUT2D eigenvalue weighted by Gasteiger charge is -2.20. The first kappa shape index (κ1) is 21.2. The second-order valence-corrected chi connectivity index (χ2v) is 6.22. The molecule has 0 radical (unpaired) electrons. The van der Waals surface area contributed by atoms with Crippen molar-refractivity contribution < 1.29 is 23.8 Å². The fourth-order valence-electron chi connectivity index (χ4n) is 2.91. The van der Waals surface area contributed by atoms with Crippen LogP contribution in [0.15, 0.2) is 48.5 Å². The molecule has 0 aliphatic carbocycles. The van der Waals surface area contributed by atoms with E-state index in [4.69, 9.17) is 19.9 Å². The monoisotopic (exact) mass is 386 g/mol. The third kappa shape index (κ3) is 5.47. The van der Waals surface area contributed by atoms with Gasteiger partial charge in [-0.3, -0.25) is 4.79 Å². The smallest absolute Gasteiger partial charge is 0.328 e. The van der Waals surface area contributed by atoms with E-state index in [0.717, 1.165) is 11.1 Å². The molecule has 0 spiro atoms. The van der Waals surface area contributed by atoms with Crippen LogP contribution in [0.3, 0.4) is 0 Å². The minimum absolute atomic E-state index is 0.226. The number of amides is 1. The molecule has 0 fully saturated rings. The van der Waals surface area contributed by atoms with Gasteiger partial charge in [-0.2, -0.15) is 0 Å². The van der Waals surface area contributed by atoms with Gasteiger partial charge in [0.15, 0.2) is 0 Å². The van der Waals surface area contributed by atoms with Crippen molar-refractivity contribution >= 4 is 11.9 Å². The summed E-state index contributed by atoms with van der Waals surface area (Å²) in [4.78, 5) is 24.8. The molecule has 0 unspecified atom stereocenters. The van der Waals surface area contributed by atoms with Crippen molar-refractivity contribution in [3.8, 4) is 11.5 Å². The number of methoxy groups -OCH3 is 3. The zero-order valence-electron chi connectivity index (χ0n) is 16.3. The largest absolute Gasteiger partial charge is 0.496 e. The summed E-state index contributed by atoms with van der Waals surface area (Å²) in [5.74, 6) is 0.285. The van der Waals surface area contributed by atoms with Gasteiger partial charge in [0.05, 0.1) is 27.4 Å². The Balaban J connectivity index is 2.10. The summed E-state index contributed by atoms with van der Waals surface area (Å²) in [6.45, 7) is 0. The maximum Gasteiger partial charge on any atom is 0.328 e. The lowest BCUT2D eigenvalue weighted by atomic mass is 10.0. The quantitative estimate of drug-likeness (QED) is 0.633. The lowest BCUT2D eigenvalue weighted by molar-refractivity contribution is -0.145. The van der Waals surface area contributed by atoms with Crippen LogP contribution in [0.2, 0.25) is 0 Å². The Morgan fingerprint density at radius 2 is 1.39 bits per heavy atom. The molecule has 7 nitrogen and oxygen atoms in total. The first-order valence-electron chi connectivity index (χ1n) is 8.87. The minimum atomic E-state index is -0.877. The standard InChI is InChI=1S/C21H26N2O5/c1-26-18-10-6-4-8-14(18)12-16(22)20(24)23-17(21(25)28-3)13-15-9-5-7-11-19(15)27-2/h4-11,16-17H,12-13,22H2,1-3H3,(H,23,24)/t16-,17-/m1/s1. The SMILES string of the molecule is COC(=O)[C@@H](Cc1ccccc1OC)NC(=O)[C@H](N)Cc1ccccc1OC. The van der Waals surface area contributed by atoms with Crippen LogP contribution in [0.1, 0.15) is 11.1 Å². The van der Waals surface area contributed by atoms with E-state index in [2.05, 4.69) is 5.32 Å². The maximum atomic E-state index is 12.6. The van der Waals surface area contributed by atoms with Crippen LogP contribution >= 0.6 is 0 Å². The highest BCUT2D eigenvalue weighted by Crippen LogP contribution is 2.20. The molecule has 28 heavy (non-hydrogen) atoms. The van der Waals surface area contributed by atoms with Crippen molar-refractivity contribution in [3.63, 3.8) is 0 Å². The molecule has 0 heterocycles. The number of hydrogen-bond donors (Lipinski definition) is 2. The number of rotatable bonds is 9. The van der Waals surface area contributed by atoms with Gasteiger partial charge in [0.1, 0.15) is 17.5 Å². The number of benzene rings is 2. The fourth-order valence-corrected chi connectivity index (χ4v) is 2.91. The van der Waals surface area contributed by atoms with E-state index in [-0.39, 0.29) is 12.8 Å². The number of para-hydroxylation sites is 2. The van der Waals surface area contributed by atoms with Crippen molar-refractivity contribution in [1.29, 1.82) is 0 Å². The molecule has 0 aliphatic heterocycles. The van der Waals surface area contributed by atoms with Gasteiger partial charge in [-0.1, -0.05) is 36.4 Å². The molecular weight excluding hydrogens is 360 g/mol.